The second kappa shape index (κ2) is 8.08. The zero-order chi connectivity index (χ0) is 19.5. The zero-order valence-electron chi connectivity index (χ0n) is 15.0. The van der Waals surface area contributed by atoms with Gasteiger partial charge in [0, 0.05) is 16.1 Å². The van der Waals surface area contributed by atoms with Gasteiger partial charge in [-0.1, -0.05) is 42.1 Å². The van der Waals surface area contributed by atoms with Crippen molar-refractivity contribution in [3.8, 4) is 11.1 Å². The molecule has 0 radical (unpaired) electrons. The van der Waals surface area contributed by atoms with E-state index >= 15 is 0 Å². The van der Waals surface area contributed by atoms with E-state index < -0.39 is 0 Å². The summed E-state index contributed by atoms with van der Waals surface area (Å²) < 4.78 is 13.0. The molecule has 140 valence electrons. The zero-order valence-corrected chi connectivity index (χ0v) is 16.6. The molecule has 4 nitrogen and oxygen atoms in total. The van der Waals surface area contributed by atoms with Crippen LogP contribution in [0.3, 0.4) is 0 Å². The van der Waals surface area contributed by atoms with Crippen molar-refractivity contribution >= 4 is 44.9 Å². The summed E-state index contributed by atoms with van der Waals surface area (Å²) in [7, 11) is 0. The molecule has 0 spiro atoms. The molecule has 1 amide bonds. The molecule has 0 saturated heterocycles. The number of anilines is 1. The van der Waals surface area contributed by atoms with Gasteiger partial charge in [-0.15, -0.1) is 11.3 Å². The summed E-state index contributed by atoms with van der Waals surface area (Å²) in [6, 6.07) is 15.8. The Morgan fingerprint density at radius 3 is 2.61 bits per heavy atom. The highest BCUT2D eigenvalue weighted by Crippen LogP contribution is 2.41. The van der Waals surface area contributed by atoms with Crippen LogP contribution in [0.1, 0.15) is 4.88 Å². The first-order valence-corrected chi connectivity index (χ1v) is 10.4. The fourth-order valence-corrected chi connectivity index (χ4v) is 4.83. The van der Waals surface area contributed by atoms with Gasteiger partial charge in [0.05, 0.1) is 11.1 Å². The highest BCUT2D eigenvalue weighted by molar-refractivity contribution is 8.00. The van der Waals surface area contributed by atoms with E-state index in [1.165, 1.54) is 47.2 Å². The van der Waals surface area contributed by atoms with Crippen molar-refractivity contribution in [2.45, 2.75) is 11.9 Å². The molecule has 2 heterocycles. The molecular weight excluding hydrogens is 393 g/mol. The largest absolute Gasteiger partial charge is 0.325 e. The third kappa shape index (κ3) is 3.90. The number of hydrogen-bond acceptors (Lipinski definition) is 5. The van der Waals surface area contributed by atoms with Crippen LogP contribution >= 0.6 is 23.1 Å². The number of aryl methyl sites for hydroxylation is 1. The smallest absolute Gasteiger partial charge is 0.234 e. The van der Waals surface area contributed by atoms with Gasteiger partial charge in [-0.25, -0.2) is 14.4 Å². The van der Waals surface area contributed by atoms with Crippen LogP contribution < -0.4 is 5.32 Å². The summed E-state index contributed by atoms with van der Waals surface area (Å²) in [5, 5.41) is 4.53. The van der Waals surface area contributed by atoms with E-state index in [1.807, 2.05) is 18.2 Å². The fraction of sp³-hybridized carbons (Fsp3) is 0.0952. The average Bonchev–Trinajstić information content (AvgIpc) is 3.05. The minimum Gasteiger partial charge on any atom is -0.325 e. The van der Waals surface area contributed by atoms with E-state index in [0.29, 0.717) is 5.69 Å². The van der Waals surface area contributed by atoms with Crippen LogP contribution in [0.15, 0.2) is 66.0 Å². The maximum atomic E-state index is 13.0. The van der Waals surface area contributed by atoms with Gasteiger partial charge in [0.1, 0.15) is 22.0 Å². The Morgan fingerprint density at radius 2 is 1.86 bits per heavy atom. The first-order chi connectivity index (χ1) is 13.6. The Morgan fingerprint density at radius 1 is 1.11 bits per heavy atom. The third-order valence-corrected chi connectivity index (χ3v) is 6.16. The molecule has 28 heavy (non-hydrogen) atoms. The van der Waals surface area contributed by atoms with Crippen LogP contribution in [0.2, 0.25) is 0 Å². The van der Waals surface area contributed by atoms with Crippen molar-refractivity contribution in [1.29, 1.82) is 0 Å². The number of nitrogens with zero attached hydrogens (tertiary/aromatic N) is 2. The van der Waals surface area contributed by atoms with E-state index in [4.69, 9.17) is 0 Å². The molecule has 0 unspecified atom stereocenters. The van der Waals surface area contributed by atoms with E-state index in [-0.39, 0.29) is 17.5 Å². The van der Waals surface area contributed by atoms with Gasteiger partial charge in [-0.3, -0.25) is 4.79 Å². The Balaban J connectivity index is 1.59. The molecular formula is C21H16FN3OS2. The number of carbonyl (C=O) groups is 1. The number of hydrogen-bond donors (Lipinski definition) is 1. The van der Waals surface area contributed by atoms with Crippen molar-refractivity contribution in [1.82, 2.24) is 9.97 Å². The lowest BCUT2D eigenvalue weighted by molar-refractivity contribution is -0.113. The molecule has 0 atom stereocenters. The summed E-state index contributed by atoms with van der Waals surface area (Å²) in [5.41, 5.74) is 2.79. The van der Waals surface area contributed by atoms with Crippen molar-refractivity contribution in [3.05, 3.63) is 71.6 Å². The van der Waals surface area contributed by atoms with Crippen molar-refractivity contribution in [3.63, 3.8) is 0 Å². The topological polar surface area (TPSA) is 54.9 Å². The minimum absolute atomic E-state index is 0.170. The number of thioether (sulfide) groups is 1. The van der Waals surface area contributed by atoms with Crippen molar-refractivity contribution in [2.75, 3.05) is 11.1 Å². The van der Waals surface area contributed by atoms with Crippen molar-refractivity contribution in [2.24, 2.45) is 0 Å². The Kier molecular flexibility index (Phi) is 5.36. The number of carbonyl (C=O) groups excluding carboxylic acids is 1. The number of thiophene rings is 1. The summed E-state index contributed by atoms with van der Waals surface area (Å²) in [6.07, 6.45) is 1.53. The van der Waals surface area contributed by atoms with Crippen LogP contribution in [0.25, 0.3) is 21.3 Å². The Hall–Kier alpha value is -2.77. The molecule has 2 aromatic heterocycles. The highest BCUT2D eigenvalue weighted by atomic mass is 32.2. The standard InChI is InChI=1S/C21H16FN3OS2/c1-13-18(14-5-3-2-4-6-14)19-20(23-12-24-21(19)28-13)27-11-17(26)25-16-9-7-15(22)8-10-16/h2-10,12H,11H2,1H3,(H,25,26). The number of benzene rings is 2. The lowest BCUT2D eigenvalue weighted by atomic mass is 10.0. The predicted octanol–water partition coefficient (Wildman–Crippen LogP) is 5.54. The summed E-state index contributed by atoms with van der Waals surface area (Å²) in [6.45, 7) is 2.07. The molecule has 0 aliphatic heterocycles. The van der Waals surface area contributed by atoms with Gasteiger partial charge in [-0.05, 0) is 36.8 Å². The molecule has 2 aromatic carbocycles. The van der Waals surface area contributed by atoms with Gasteiger partial charge in [0.15, 0.2) is 0 Å². The lowest BCUT2D eigenvalue weighted by Crippen LogP contribution is -2.14. The first-order valence-electron chi connectivity index (χ1n) is 8.59. The number of rotatable bonds is 5. The number of halogens is 1. The summed E-state index contributed by atoms with van der Waals surface area (Å²) in [5.74, 6) is -0.305. The maximum absolute atomic E-state index is 13.0. The molecule has 0 saturated carbocycles. The molecule has 4 aromatic rings. The van der Waals surface area contributed by atoms with Crippen LogP contribution in [-0.4, -0.2) is 21.6 Å². The van der Waals surface area contributed by atoms with E-state index in [1.54, 1.807) is 11.3 Å². The second-order valence-corrected chi connectivity index (χ2v) is 8.27. The van der Waals surface area contributed by atoms with Gasteiger partial charge >= 0.3 is 0 Å². The summed E-state index contributed by atoms with van der Waals surface area (Å²) in [4.78, 5) is 23.2. The third-order valence-electron chi connectivity index (χ3n) is 4.16. The van der Waals surface area contributed by atoms with E-state index in [9.17, 15) is 9.18 Å². The van der Waals surface area contributed by atoms with E-state index in [0.717, 1.165) is 26.4 Å². The molecule has 4 rings (SSSR count). The quantitative estimate of drug-likeness (QED) is 0.347. The molecule has 0 aliphatic rings. The number of fused-ring (bicyclic) bond motifs is 1. The van der Waals surface area contributed by atoms with Gasteiger partial charge in [0.25, 0.3) is 0 Å². The van der Waals surface area contributed by atoms with Gasteiger partial charge < -0.3 is 5.32 Å². The van der Waals surface area contributed by atoms with Gasteiger partial charge in [-0.2, -0.15) is 0 Å². The Bertz CT molecular complexity index is 1130. The van der Waals surface area contributed by atoms with E-state index in [2.05, 4.69) is 34.3 Å². The molecule has 7 heteroatoms. The van der Waals surface area contributed by atoms with Crippen LogP contribution in [0.5, 0.6) is 0 Å². The van der Waals surface area contributed by atoms with Crippen LogP contribution in [0.4, 0.5) is 10.1 Å². The monoisotopic (exact) mass is 409 g/mol. The normalized spacial score (nSPS) is 10.9. The second-order valence-electron chi connectivity index (χ2n) is 6.10. The minimum atomic E-state index is -0.336. The van der Waals surface area contributed by atoms with Crippen LogP contribution in [-0.2, 0) is 4.79 Å². The SMILES string of the molecule is Cc1sc2ncnc(SCC(=O)Nc3ccc(F)cc3)c2c1-c1ccccc1. The Labute approximate surface area is 169 Å². The number of amides is 1. The first kappa shape index (κ1) is 18.6. The number of aromatic nitrogens is 2. The maximum Gasteiger partial charge on any atom is 0.234 e. The highest BCUT2D eigenvalue weighted by Gasteiger charge is 2.17. The predicted molar refractivity (Wildman–Crippen MR) is 113 cm³/mol. The average molecular weight is 410 g/mol. The molecule has 0 bridgehead atoms. The number of nitrogens with one attached hydrogen (secondary N) is 1. The van der Waals surface area contributed by atoms with Crippen LogP contribution in [0, 0.1) is 12.7 Å². The van der Waals surface area contributed by atoms with Crippen molar-refractivity contribution < 1.29 is 9.18 Å². The molecule has 0 aliphatic carbocycles. The lowest BCUT2D eigenvalue weighted by Gasteiger charge is -2.07. The molecule has 1 N–H and O–H groups in total. The fourth-order valence-electron chi connectivity index (χ4n) is 2.94. The summed E-state index contributed by atoms with van der Waals surface area (Å²) >= 11 is 3.00. The van der Waals surface area contributed by atoms with Gasteiger partial charge in [0.2, 0.25) is 5.91 Å². The molecule has 0 fully saturated rings.